The minimum atomic E-state index is -0.508. The van der Waals surface area contributed by atoms with E-state index >= 15 is 0 Å². The van der Waals surface area contributed by atoms with Gasteiger partial charge >= 0.3 is 0 Å². The van der Waals surface area contributed by atoms with E-state index in [4.69, 9.17) is 4.42 Å². The summed E-state index contributed by atoms with van der Waals surface area (Å²) in [5.74, 6) is -0.137. The van der Waals surface area contributed by atoms with Crippen LogP contribution in [0.5, 0.6) is 0 Å². The Bertz CT molecular complexity index is 981. The van der Waals surface area contributed by atoms with E-state index in [9.17, 15) is 10.1 Å². The lowest BCUT2D eigenvalue weighted by molar-refractivity contribution is -0.112. The molecule has 6 nitrogen and oxygen atoms in total. The van der Waals surface area contributed by atoms with Crippen LogP contribution in [0.1, 0.15) is 5.76 Å². The molecule has 0 radical (unpaired) electrons. The molecule has 0 atom stereocenters. The van der Waals surface area contributed by atoms with Crippen LogP contribution in [0.25, 0.3) is 6.08 Å². The topological polar surface area (TPSA) is 91.8 Å². The van der Waals surface area contributed by atoms with Crippen molar-refractivity contribution in [3.63, 3.8) is 0 Å². The smallest absolute Gasteiger partial charge is 0.266 e. The van der Waals surface area contributed by atoms with Gasteiger partial charge in [0.1, 0.15) is 17.4 Å². The monoisotopic (exact) mass is 426 g/mol. The van der Waals surface area contributed by atoms with Crippen molar-refractivity contribution >= 4 is 45.4 Å². The molecule has 1 N–H and O–H groups in total. The Morgan fingerprint density at radius 3 is 2.65 bits per heavy atom. The quantitative estimate of drug-likeness (QED) is 0.366. The molecule has 0 unspecified atom stereocenters. The van der Waals surface area contributed by atoms with Crippen LogP contribution in [0.15, 0.2) is 79.6 Å². The number of furan rings is 1. The largest absolute Gasteiger partial charge is 0.449 e. The number of nitriles is 1. The number of carbonyl (C=O) groups excluding carboxylic acids is 1. The molecule has 0 saturated heterocycles. The molecule has 2 heterocycles. The van der Waals surface area contributed by atoms with Crippen molar-refractivity contribution in [1.29, 1.82) is 5.26 Å². The molecule has 2 aromatic heterocycles. The van der Waals surface area contributed by atoms with Gasteiger partial charge in [0, 0.05) is 24.2 Å². The van der Waals surface area contributed by atoms with Gasteiger partial charge in [-0.05, 0) is 52.0 Å². The number of anilines is 1. The zero-order valence-electron chi connectivity index (χ0n) is 13.2. The number of aromatic nitrogens is 2. The van der Waals surface area contributed by atoms with Crippen molar-refractivity contribution in [3.05, 3.63) is 70.7 Å². The van der Waals surface area contributed by atoms with Crippen molar-refractivity contribution in [2.45, 2.75) is 10.2 Å². The maximum Gasteiger partial charge on any atom is 0.266 e. The van der Waals surface area contributed by atoms with Gasteiger partial charge in [-0.2, -0.15) is 5.26 Å². The summed E-state index contributed by atoms with van der Waals surface area (Å²) in [5, 5.41) is 13.0. The highest BCUT2D eigenvalue weighted by Crippen LogP contribution is 2.34. The summed E-state index contributed by atoms with van der Waals surface area (Å²) >= 11 is 4.63. The third-order valence-corrected chi connectivity index (χ3v) is 4.82. The first-order valence-electron chi connectivity index (χ1n) is 7.38. The van der Waals surface area contributed by atoms with Gasteiger partial charge in [0.15, 0.2) is 10.2 Å². The fourth-order valence-electron chi connectivity index (χ4n) is 1.94. The van der Waals surface area contributed by atoms with Crippen molar-refractivity contribution in [2.75, 3.05) is 5.32 Å². The second kappa shape index (κ2) is 8.47. The molecule has 3 aromatic rings. The third kappa shape index (κ3) is 4.59. The van der Waals surface area contributed by atoms with E-state index in [1.54, 1.807) is 48.8 Å². The molecule has 26 heavy (non-hydrogen) atoms. The first-order chi connectivity index (χ1) is 12.7. The van der Waals surface area contributed by atoms with Crippen LogP contribution in [0.3, 0.4) is 0 Å². The predicted octanol–water partition coefficient (Wildman–Crippen LogP) is 4.53. The summed E-state index contributed by atoms with van der Waals surface area (Å²) in [7, 11) is 0. The van der Waals surface area contributed by atoms with Crippen molar-refractivity contribution in [2.24, 2.45) is 0 Å². The van der Waals surface area contributed by atoms with Gasteiger partial charge in [0.2, 0.25) is 0 Å². The number of benzene rings is 1. The minimum Gasteiger partial charge on any atom is -0.449 e. The maximum absolute atomic E-state index is 12.3. The number of hydrogen-bond donors (Lipinski definition) is 1. The van der Waals surface area contributed by atoms with Gasteiger partial charge < -0.3 is 9.73 Å². The van der Waals surface area contributed by atoms with Crippen LogP contribution in [0, 0.1) is 11.3 Å². The summed E-state index contributed by atoms with van der Waals surface area (Å²) < 4.78 is 6.36. The first kappa shape index (κ1) is 17.9. The summed E-state index contributed by atoms with van der Waals surface area (Å²) in [6.07, 6.45) is 4.66. The number of para-hydroxylation sites is 1. The van der Waals surface area contributed by atoms with Gasteiger partial charge in [0.05, 0.1) is 4.47 Å². The van der Waals surface area contributed by atoms with E-state index in [0.29, 0.717) is 26.2 Å². The Morgan fingerprint density at radius 2 is 1.96 bits per heavy atom. The average Bonchev–Trinajstić information content (AvgIpc) is 3.00. The number of amides is 1. The Balaban J connectivity index is 1.78. The van der Waals surface area contributed by atoms with Crippen molar-refractivity contribution < 1.29 is 9.21 Å². The molecule has 8 heteroatoms. The van der Waals surface area contributed by atoms with E-state index in [2.05, 4.69) is 31.2 Å². The second-order valence-electron chi connectivity index (χ2n) is 4.91. The molecule has 0 fully saturated rings. The molecular weight excluding hydrogens is 416 g/mol. The van der Waals surface area contributed by atoms with Gasteiger partial charge in [0.25, 0.3) is 5.91 Å². The zero-order valence-corrected chi connectivity index (χ0v) is 15.6. The van der Waals surface area contributed by atoms with Gasteiger partial charge in [-0.1, -0.05) is 18.2 Å². The Morgan fingerprint density at radius 1 is 1.23 bits per heavy atom. The summed E-state index contributed by atoms with van der Waals surface area (Å²) in [6, 6.07) is 14.2. The van der Waals surface area contributed by atoms with Crippen LogP contribution in [-0.2, 0) is 4.79 Å². The fourth-order valence-corrected chi connectivity index (χ4v) is 3.18. The standard InChI is InChI=1S/C18H11BrN4O2S/c19-15-10-14(25-17(15)26-18-21-7-4-8-22-18)9-12(11-20)16(24)23-13-5-2-1-3-6-13/h1-10H,(H,23,24)/b12-9+. The lowest BCUT2D eigenvalue weighted by Crippen LogP contribution is -2.13. The van der Waals surface area contributed by atoms with Gasteiger partial charge in [-0.25, -0.2) is 9.97 Å². The molecular formula is C18H11BrN4O2S. The van der Waals surface area contributed by atoms with Crippen LogP contribution in [0.2, 0.25) is 0 Å². The maximum atomic E-state index is 12.3. The molecule has 0 spiro atoms. The van der Waals surface area contributed by atoms with Crippen LogP contribution in [0.4, 0.5) is 5.69 Å². The molecule has 128 valence electrons. The molecule has 0 bridgehead atoms. The second-order valence-corrected chi connectivity index (χ2v) is 6.70. The normalized spacial score (nSPS) is 11.0. The predicted molar refractivity (Wildman–Crippen MR) is 101 cm³/mol. The highest BCUT2D eigenvalue weighted by Gasteiger charge is 2.14. The molecule has 0 aliphatic rings. The molecule has 0 aliphatic carbocycles. The van der Waals surface area contributed by atoms with Gasteiger partial charge in [-0.15, -0.1) is 0 Å². The zero-order chi connectivity index (χ0) is 18.4. The summed E-state index contributed by atoms with van der Waals surface area (Å²) in [4.78, 5) is 20.5. The molecule has 3 rings (SSSR count). The average molecular weight is 427 g/mol. The summed E-state index contributed by atoms with van der Waals surface area (Å²) in [6.45, 7) is 0. The number of nitrogens with one attached hydrogen (secondary N) is 1. The van der Waals surface area contributed by atoms with Gasteiger partial charge in [-0.3, -0.25) is 4.79 Å². The Hall–Kier alpha value is -2.89. The number of hydrogen-bond acceptors (Lipinski definition) is 6. The van der Waals surface area contributed by atoms with E-state index in [-0.39, 0.29) is 5.57 Å². The van der Waals surface area contributed by atoms with Crippen molar-refractivity contribution in [1.82, 2.24) is 9.97 Å². The Labute approximate surface area is 162 Å². The fraction of sp³-hybridized carbons (Fsp3) is 0. The number of halogens is 1. The lowest BCUT2D eigenvalue weighted by atomic mass is 10.2. The molecule has 1 aromatic carbocycles. The van der Waals surface area contributed by atoms with Crippen LogP contribution < -0.4 is 5.32 Å². The van der Waals surface area contributed by atoms with Crippen LogP contribution in [-0.4, -0.2) is 15.9 Å². The highest BCUT2D eigenvalue weighted by atomic mass is 79.9. The number of rotatable bonds is 5. The van der Waals surface area contributed by atoms with E-state index in [1.165, 1.54) is 17.8 Å². The number of carbonyl (C=O) groups is 1. The Kier molecular flexibility index (Phi) is 5.84. The van der Waals surface area contributed by atoms with Crippen molar-refractivity contribution in [3.8, 4) is 6.07 Å². The molecule has 0 saturated carbocycles. The number of nitrogens with zero attached hydrogens (tertiary/aromatic N) is 3. The SMILES string of the molecule is N#C/C(=C\c1cc(Br)c(Sc2ncccn2)o1)C(=O)Nc1ccccc1. The van der Waals surface area contributed by atoms with E-state index < -0.39 is 5.91 Å². The third-order valence-electron chi connectivity index (χ3n) is 3.08. The van der Waals surface area contributed by atoms with Crippen LogP contribution >= 0.6 is 27.7 Å². The molecule has 0 aliphatic heterocycles. The summed E-state index contributed by atoms with van der Waals surface area (Å²) in [5.41, 5.74) is 0.541. The van der Waals surface area contributed by atoms with E-state index in [0.717, 1.165) is 0 Å². The lowest BCUT2D eigenvalue weighted by Gasteiger charge is -2.02. The van der Waals surface area contributed by atoms with E-state index in [1.807, 2.05) is 12.1 Å². The first-order valence-corrected chi connectivity index (χ1v) is 8.99. The highest BCUT2D eigenvalue weighted by molar-refractivity contribution is 9.10. The minimum absolute atomic E-state index is 0.0670. The molecule has 1 amide bonds.